The van der Waals surface area contributed by atoms with Gasteiger partial charge in [-0.2, -0.15) is 0 Å². The van der Waals surface area contributed by atoms with Gasteiger partial charge in [0.1, 0.15) is 0 Å². The monoisotopic (exact) mass is 269 g/mol. The van der Waals surface area contributed by atoms with Crippen LogP contribution in [0.2, 0.25) is 0 Å². The van der Waals surface area contributed by atoms with Gasteiger partial charge >= 0.3 is 0 Å². The highest BCUT2D eigenvalue weighted by atomic mass is 16.5. The quantitative estimate of drug-likeness (QED) is 0.925. The Balaban J connectivity index is 1.72. The highest BCUT2D eigenvalue weighted by Gasteiger charge is 2.13. The fraction of sp³-hybridized carbons (Fsp3) is 0.312. The highest BCUT2D eigenvalue weighted by Crippen LogP contribution is 2.26. The molecule has 2 heterocycles. The minimum atomic E-state index is 0.804. The van der Waals surface area contributed by atoms with Gasteiger partial charge in [0, 0.05) is 32.0 Å². The van der Waals surface area contributed by atoms with Crippen molar-refractivity contribution in [3.05, 3.63) is 54.4 Å². The van der Waals surface area contributed by atoms with Crippen LogP contribution >= 0.6 is 0 Å². The normalized spacial score (nSPS) is 15.1. The summed E-state index contributed by atoms with van der Waals surface area (Å²) in [7, 11) is 0. The molecule has 0 radical (unpaired) electrons. The molecule has 1 aliphatic heterocycles. The largest absolute Gasteiger partial charge is 0.379 e. The molecule has 3 rings (SSSR count). The molecule has 1 aliphatic rings. The summed E-state index contributed by atoms with van der Waals surface area (Å²) in [6, 6.07) is 12.5. The first-order valence-electron chi connectivity index (χ1n) is 6.98. The van der Waals surface area contributed by atoms with Crippen LogP contribution in [0.3, 0.4) is 0 Å². The average molecular weight is 269 g/mol. The predicted molar refractivity (Wildman–Crippen MR) is 81.0 cm³/mol. The van der Waals surface area contributed by atoms with Gasteiger partial charge in [-0.25, -0.2) is 0 Å². The molecule has 0 atom stereocenters. The van der Waals surface area contributed by atoms with Gasteiger partial charge in [-0.1, -0.05) is 12.1 Å². The van der Waals surface area contributed by atoms with Crippen molar-refractivity contribution in [1.82, 2.24) is 4.98 Å². The molecule has 0 saturated carbocycles. The number of nitrogens with zero attached hydrogens (tertiary/aromatic N) is 2. The molecule has 0 spiro atoms. The minimum Gasteiger partial charge on any atom is -0.379 e. The van der Waals surface area contributed by atoms with Crippen molar-refractivity contribution in [2.24, 2.45) is 0 Å². The van der Waals surface area contributed by atoms with E-state index in [0.29, 0.717) is 0 Å². The Morgan fingerprint density at radius 1 is 1.05 bits per heavy atom. The lowest BCUT2D eigenvalue weighted by molar-refractivity contribution is 0.123. The summed E-state index contributed by atoms with van der Waals surface area (Å²) in [5.41, 5.74) is 3.66. The van der Waals surface area contributed by atoms with Crippen LogP contribution in [0.1, 0.15) is 5.56 Å². The summed E-state index contributed by atoms with van der Waals surface area (Å²) in [6.45, 7) is 4.32. The fourth-order valence-electron chi connectivity index (χ4n) is 2.40. The minimum absolute atomic E-state index is 0.804. The van der Waals surface area contributed by atoms with E-state index in [9.17, 15) is 0 Å². The van der Waals surface area contributed by atoms with Gasteiger partial charge in [0.25, 0.3) is 0 Å². The van der Waals surface area contributed by atoms with Gasteiger partial charge in [0.05, 0.1) is 24.6 Å². The van der Waals surface area contributed by atoms with E-state index in [1.807, 2.05) is 24.5 Å². The number of hydrogen-bond acceptors (Lipinski definition) is 4. The molecule has 4 heteroatoms. The first kappa shape index (κ1) is 12.9. The average Bonchev–Trinajstić information content (AvgIpc) is 2.55. The number of para-hydroxylation sites is 2. The lowest BCUT2D eigenvalue weighted by Gasteiger charge is -2.30. The lowest BCUT2D eigenvalue weighted by atomic mass is 10.2. The number of nitrogens with one attached hydrogen (secondary N) is 1. The van der Waals surface area contributed by atoms with Crippen molar-refractivity contribution in [3.8, 4) is 0 Å². The molecule has 0 unspecified atom stereocenters. The van der Waals surface area contributed by atoms with E-state index in [-0.39, 0.29) is 0 Å². The summed E-state index contributed by atoms with van der Waals surface area (Å²) in [5, 5.41) is 3.52. The van der Waals surface area contributed by atoms with E-state index in [0.717, 1.165) is 32.8 Å². The van der Waals surface area contributed by atoms with Crippen molar-refractivity contribution >= 4 is 11.4 Å². The maximum Gasteiger partial charge on any atom is 0.0642 e. The van der Waals surface area contributed by atoms with Gasteiger partial charge < -0.3 is 15.0 Å². The molecule has 0 bridgehead atoms. The Morgan fingerprint density at radius 3 is 2.60 bits per heavy atom. The zero-order valence-electron chi connectivity index (χ0n) is 11.5. The Kier molecular flexibility index (Phi) is 4.13. The van der Waals surface area contributed by atoms with Gasteiger partial charge in [-0.3, -0.25) is 4.98 Å². The Hall–Kier alpha value is -2.07. The molecule has 20 heavy (non-hydrogen) atoms. The maximum absolute atomic E-state index is 5.42. The number of morpholine rings is 1. The molecule has 0 amide bonds. The molecule has 0 aliphatic carbocycles. The topological polar surface area (TPSA) is 37.4 Å². The Bertz CT molecular complexity index is 538. The van der Waals surface area contributed by atoms with Crippen LogP contribution in [0.4, 0.5) is 11.4 Å². The fourth-order valence-corrected chi connectivity index (χ4v) is 2.40. The van der Waals surface area contributed by atoms with Crippen molar-refractivity contribution in [3.63, 3.8) is 0 Å². The summed E-state index contributed by atoms with van der Waals surface area (Å²) < 4.78 is 5.42. The molecule has 2 aromatic rings. The van der Waals surface area contributed by atoms with Crippen LogP contribution in [-0.4, -0.2) is 31.3 Å². The number of aromatic nitrogens is 1. The van der Waals surface area contributed by atoms with E-state index in [1.165, 1.54) is 16.9 Å². The summed E-state index contributed by atoms with van der Waals surface area (Å²) in [4.78, 5) is 6.41. The predicted octanol–water partition coefficient (Wildman–Crippen LogP) is 2.53. The standard InChI is InChI=1S/C16H19N3O/c1-2-4-16(19-9-11-20-12-10-19)15(3-1)18-13-14-5-7-17-8-6-14/h1-8,18H,9-13H2. The molecule has 1 N–H and O–H groups in total. The second-order valence-electron chi connectivity index (χ2n) is 4.83. The van der Waals surface area contributed by atoms with E-state index >= 15 is 0 Å². The van der Waals surface area contributed by atoms with Crippen LogP contribution in [0.25, 0.3) is 0 Å². The zero-order valence-corrected chi connectivity index (χ0v) is 11.5. The first-order valence-corrected chi connectivity index (χ1v) is 6.98. The summed E-state index contributed by atoms with van der Waals surface area (Å²) >= 11 is 0. The van der Waals surface area contributed by atoms with Gasteiger partial charge in [-0.15, -0.1) is 0 Å². The number of hydrogen-bond donors (Lipinski definition) is 1. The first-order chi connectivity index (χ1) is 9.93. The molecule has 1 aromatic heterocycles. The number of benzene rings is 1. The molecule has 104 valence electrons. The summed E-state index contributed by atoms with van der Waals surface area (Å²) in [6.07, 6.45) is 3.65. The third kappa shape index (κ3) is 3.08. The highest BCUT2D eigenvalue weighted by molar-refractivity contribution is 5.70. The van der Waals surface area contributed by atoms with Crippen LogP contribution in [-0.2, 0) is 11.3 Å². The van der Waals surface area contributed by atoms with Gasteiger partial charge in [-0.05, 0) is 29.8 Å². The van der Waals surface area contributed by atoms with Crippen molar-refractivity contribution in [2.45, 2.75) is 6.54 Å². The number of rotatable bonds is 4. The second kappa shape index (κ2) is 6.39. The third-order valence-corrected chi connectivity index (χ3v) is 3.49. The van der Waals surface area contributed by atoms with E-state index in [2.05, 4.69) is 39.5 Å². The van der Waals surface area contributed by atoms with Crippen LogP contribution in [0.5, 0.6) is 0 Å². The van der Waals surface area contributed by atoms with Crippen LogP contribution in [0.15, 0.2) is 48.8 Å². The van der Waals surface area contributed by atoms with Crippen molar-refractivity contribution in [1.29, 1.82) is 0 Å². The van der Waals surface area contributed by atoms with Gasteiger partial charge in [0.2, 0.25) is 0 Å². The maximum atomic E-state index is 5.42. The SMILES string of the molecule is c1ccc(N2CCOCC2)c(NCc2ccncc2)c1. The molecule has 1 fully saturated rings. The second-order valence-corrected chi connectivity index (χ2v) is 4.83. The van der Waals surface area contributed by atoms with Crippen molar-refractivity contribution < 1.29 is 4.74 Å². The molecule has 1 aromatic carbocycles. The van der Waals surface area contributed by atoms with Crippen LogP contribution in [0, 0.1) is 0 Å². The van der Waals surface area contributed by atoms with E-state index in [1.54, 1.807) is 0 Å². The molecular weight excluding hydrogens is 250 g/mol. The van der Waals surface area contributed by atoms with Crippen LogP contribution < -0.4 is 10.2 Å². The van der Waals surface area contributed by atoms with E-state index in [4.69, 9.17) is 4.74 Å². The lowest BCUT2D eigenvalue weighted by Crippen LogP contribution is -2.36. The zero-order chi connectivity index (χ0) is 13.6. The smallest absolute Gasteiger partial charge is 0.0642 e. The molecular formula is C16H19N3O. The number of ether oxygens (including phenoxy) is 1. The number of pyridine rings is 1. The molecule has 1 saturated heterocycles. The Morgan fingerprint density at radius 2 is 1.80 bits per heavy atom. The summed E-state index contributed by atoms with van der Waals surface area (Å²) in [5.74, 6) is 0. The Labute approximate surface area is 119 Å². The van der Waals surface area contributed by atoms with Gasteiger partial charge in [0.15, 0.2) is 0 Å². The molecule has 4 nitrogen and oxygen atoms in total. The third-order valence-electron chi connectivity index (χ3n) is 3.49. The number of anilines is 2. The van der Waals surface area contributed by atoms with Crippen molar-refractivity contribution in [2.75, 3.05) is 36.5 Å². The van der Waals surface area contributed by atoms with E-state index < -0.39 is 0 Å².